The molecule has 3 aromatic rings. The molecular formula is C27H30N2O3. The van der Waals surface area contributed by atoms with Gasteiger partial charge in [-0.1, -0.05) is 60.7 Å². The van der Waals surface area contributed by atoms with Crippen LogP contribution in [0, 0.1) is 0 Å². The molecule has 0 N–H and O–H groups in total. The zero-order chi connectivity index (χ0) is 22.0. The van der Waals surface area contributed by atoms with Crippen molar-refractivity contribution in [3.63, 3.8) is 0 Å². The van der Waals surface area contributed by atoms with E-state index >= 15 is 0 Å². The summed E-state index contributed by atoms with van der Waals surface area (Å²) in [5.74, 6) is 0.862. The Morgan fingerprint density at radius 1 is 0.875 bits per heavy atom. The van der Waals surface area contributed by atoms with Crippen molar-refractivity contribution in [3.8, 4) is 5.75 Å². The lowest BCUT2D eigenvalue weighted by Crippen LogP contribution is -2.42. The number of benzene rings is 3. The third kappa shape index (κ3) is 6.42. The predicted octanol–water partition coefficient (Wildman–Crippen LogP) is 4.24. The molecule has 5 heteroatoms. The Bertz CT molecular complexity index is 972. The third-order valence-corrected chi connectivity index (χ3v) is 5.62. The molecule has 0 atom stereocenters. The lowest BCUT2D eigenvalue weighted by atomic mass is 10.1. The van der Waals surface area contributed by atoms with Crippen LogP contribution < -0.4 is 4.74 Å². The number of hydrogen-bond donors (Lipinski definition) is 0. The lowest BCUT2D eigenvalue weighted by Gasteiger charge is -2.30. The maximum Gasteiger partial charge on any atom is 0.254 e. The minimum Gasteiger partial charge on any atom is -0.489 e. The van der Waals surface area contributed by atoms with Crippen LogP contribution in [0.3, 0.4) is 0 Å². The van der Waals surface area contributed by atoms with E-state index < -0.39 is 0 Å². The second-order valence-electron chi connectivity index (χ2n) is 7.97. The molecule has 1 heterocycles. The van der Waals surface area contributed by atoms with Gasteiger partial charge in [-0.15, -0.1) is 0 Å². The number of carbonyl (C=O) groups excluding carboxylic acids is 1. The summed E-state index contributed by atoms with van der Waals surface area (Å²) in [4.78, 5) is 17.6. The van der Waals surface area contributed by atoms with E-state index in [4.69, 9.17) is 9.47 Å². The maximum atomic E-state index is 13.3. The Hall–Kier alpha value is -3.15. The van der Waals surface area contributed by atoms with Crippen LogP contribution in [0.15, 0.2) is 84.9 Å². The van der Waals surface area contributed by atoms with E-state index in [9.17, 15) is 4.79 Å². The molecule has 0 radical (unpaired) electrons. The fraction of sp³-hybridized carbons (Fsp3) is 0.296. The summed E-state index contributed by atoms with van der Waals surface area (Å²) >= 11 is 0. The standard InChI is InChI=1S/C27H30N2O3/c30-27(25-11-5-2-6-12-25)29(15-14-28-16-18-31-19-17-28)21-24-10-7-13-26(20-24)32-22-23-8-3-1-4-9-23/h1-13,20H,14-19,21-22H2. The Balaban J connectivity index is 1.44. The average molecular weight is 431 g/mol. The van der Waals surface area contributed by atoms with Crippen LogP contribution in [-0.4, -0.2) is 55.1 Å². The van der Waals surface area contributed by atoms with Crippen molar-refractivity contribution in [1.82, 2.24) is 9.80 Å². The maximum absolute atomic E-state index is 13.3. The van der Waals surface area contributed by atoms with Gasteiger partial charge in [-0.25, -0.2) is 0 Å². The van der Waals surface area contributed by atoms with E-state index in [0.29, 0.717) is 25.3 Å². The summed E-state index contributed by atoms with van der Waals surface area (Å²) in [5.41, 5.74) is 2.90. The zero-order valence-electron chi connectivity index (χ0n) is 18.4. The third-order valence-electron chi connectivity index (χ3n) is 5.62. The van der Waals surface area contributed by atoms with E-state index in [1.807, 2.05) is 71.6 Å². The highest BCUT2D eigenvalue weighted by Gasteiger charge is 2.18. The SMILES string of the molecule is O=C(c1ccccc1)N(CCN1CCOCC1)Cc1cccc(OCc2ccccc2)c1. The number of carbonyl (C=O) groups is 1. The molecule has 0 aromatic heterocycles. The number of rotatable bonds is 9. The minimum absolute atomic E-state index is 0.0504. The van der Waals surface area contributed by atoms with Crippen molar-refractivity contribution < 1.29 is 14.3 Å². The fourth-order valence-electron chi connectivity index (χ4n) is 3.80. The molecule has 5 nitrogen and oxygen atoms in total. The number of hydrogen-bond acceptors (Lipinski definition) is 4. The van der Waals surface area contributed by atoms with Crippen molar-refractivity contribution in [2.24, 2.45) is 0 Å². The Morgan fingerprint density at radius 2 is 1.56 bits per heavy atom. The first-order valence-corrected chi connectivity index (χ1v) is 11.2. The highest BCUT2D eigenvalue weighted by atomic mass is 16.5. The van der Waals surface area contributed by atoms with Crippen LogP contribution >= 0.6 is 0 Å². The van der Waals surface area contributed by atoms with E-state index in [0.717, 1.165) is 49.7 Å². The van der Waals surface area contributed by atoms with Gasteiger partial charge in [0.15, 0.2) is 0 Å². The molecule has 0 aliphatic carbocycles. The molecular weight excluding hydrogens is 400 g/mol. The predicted molar refractivity (Wildman–Crippen MR) is 126 cm³/mol. The summed E-state index contributed by atoms with van der Waals surface area (Å²) in [6, 6.07) is 27.7. The monoisotopic (exact) mass is 430 g/mol. The van der Waals surface area contributed by atoms with Gasteiger partial charge in [-0.2, -0.15) is 0 Å². The van der Waals surface area contributed by atoms with Crippen molar-refractivity contribution in [3.05, 3.63) is 102 Å². The van der Waals surface area contributed by atoms with Crippen LogP contribution in [0.25, 0.3) is 0 Å². The summed E-state index contributed by atoms with van der Waals surface area (Å²) < 4.78 is 11.4. The molecule has 166 valence electrons. The Kier molecular flexibility index (Phi) is 7.90. The normalized spacial score (nSPS) is 14.1. The average Bonchev–Trinajstić information content (AvgIpc) is 2.87. The molecule has 1 aliphatic heterocycles. The van der Waals surface area contributed by atoms with Gasteiger partial charge in [0.1, 0.15) is 12.4 Å². The van der Waals surface area contributed by atoms with E-state index in [-0.39, 0.29) is 5.91 Å². The highest BCUT2D eigenvalue weighted by molar-refractivity contribution is 5.94. The fourth-order valence-corrected chi connectivity index (χ4v) is 3.80. The first kappa shape index (κ1) is 22.1. The van der Waals surface area contributed by atoms with Gasteiger partial charge in [-0.3, -0.25) is 9.69 Å². The molecule has 0 spiro atoms. The molecule has 0 saturated carbocycles. The van der Waals surface area contributed by atoms with E-state index in [1.165, 1.54) is 0 Å². The Morgan fingerprint density at radius 3 is 2.31 bits per heavy atom. The summed E-state index contributed by atoms with van der Waals surface area (Å²) in [6.07, 6.45) is 0. The molecule has 1 saturated heterocycles. The van der Waals surface area contributed by atoms with Gasteiger partial charge in [0, 0.05) is 38.3 Å². The van der Waals surface area contributed by atoms with Crippen LogP contribution in [0.4, 0.5) is 0 Å². The molecule has 32 heavy (non-hydrogen) atoms. The number of nitrogens with zero attached hydrogens (tertiary/aromatic N) is 2. The number of amides is 1. The summed E-state index contributed by atoms with van der Waals surface area (Å²) in [5, 5.41) is 0. The van der Waals surface area contributed by atoms with Crippen molar-refractivity contribution in [1.29, 1.82) is 0 Å². The van der Waals surface area contributed by atoms with Gasteiger partial charge in [0.2, 0.25) is 0 Å². The van der Waals surface area contributed by atoms with Crippen molar-refractivity contribution in [2.45, 2.75) is 13.2 Å². The van der Waals surface area contributed by atoms with Crippen LogP contribution in [-0.2, 0) is 17.9 Å². The van der Waals surface area contributed by atoms with Crippen LogP contribution in [0.5, 0.6) is 5.75 Å². The minimum atomic E-state index is 0.0504. The quantitative estimate of drug-likeness (QED) is 0.509. The molecule has 4 rings (SSSR count). The Labute approximate surface area is 190 Å². The van der Waals surface area contributed by atoms with Crippen molar-refractivity contribution in [2.75, 3.05) is 39.4 Å². The highest BCUT2D eigenvalue weighted by Crippen LogP contribution is 2.18. The molecule has 1 aliphatic rings. The smallest absolute Gasteiger partial charge is 0.254 e. The van der Waals surface area contributed by atoms with Gasteiger partial charge < -0.3 is 14.4 Å². The van der Waals surface area contributed by atoms with Gasteiger partial charge in [0.05, 0.1) is 13.2 Å². The van der Waals surface area contributed by atoms with Gasteiger partial charge in [-0.05, 0) is 35.4 Å². The van der Waals surface area contributed by atoms with E-state index in [1.54, 1.807) is 0 Å². The number of ether oxygens (including phenoxy) is 2. The zero-order valence-corrected chi connectivity index (χ0v) is 18.4. The number of morpholine rings is 1. The second-order valence-corrected chi connectivity index (χ2v) is 7.97. The summed E-state index contributed by atoms with van der Waals surface area (Å²) in [6.45, 7) is 5.91. The van der Waals surface area contributed by atoms with E-state index in [2.05, 4.69) is 23.1 Å². The topological polar surface area (TPSA) is 42.0 Å². The molecule has 1 fully saturated rings. The molecule has 1 amide bonds. The van der Waals surface area contributed by atoms with Gasteiger partial charge in [0.25, 0.3) is 5.91 Å². The molecule has 3 aromatic carbocycles. The molecule has 0 unspecified atom stereocenters. The first-order valence-electron chi connectivity index (χ1n) is 11.2. The largest absolute Gasteiger partial charge is 0.489 e. The second kappa shape index (κ2) is 11.5. The molecule has 0 bridgehead atoms. The van der Waals surface area contributed by atoms with Crippen LogP contribution in [0.1, 0.15) is 21.5 Å². The summed E-state index contributed by atoms with van der Waals surface area (Å²) in [7, 11) is 0. The van der Waals surface area contributed by atoms with Crippen LogP contribution in [0.2, 0.25) is 0 Å². The first-order chi connectivity index (χ1) is 15.8. The lowest BCUT2D eigenvalue weighted by molar-refractivity contribution is 0.0320. The van der Waals surface area contributed by atoms with Crippen molar-refractivity contribution >= 4 is 5.91 Å². The van der Waals surface area contributed by atoms with Gasteiger partial charge >= 0.3 is 0 Å².